The van der Waals surface area contributed by atoms with Crippen molar-refractivity contribution in [1.82, 2.24) is 19.3 Å². The fraction of sp³-hybridized carbons (Fsp3) is 0.400. The summed E-state index contributed by atoms with van der Waals surface area (Å²) in [6.07, 6.45) is -4.95. The van der Waals surface area contributed by atoms with Gasteiger partial charge in [0.2, 0.25) is 10.0 Å². The van der Waals surface area contributed by atoms with Gasteiger partial charge in [0.25, 0.3) is 0 Å². The number of nitrogens with zero attached hydrogens (tertiary/aromatic N) is 5. The fourth-order valence-electron chi connectivity index (χ4n) is 3.62. The van der Waals surface area contributed by atoms with Crippen LogP contribution in [-0.2, 0) is 20.4 Å². The molecule has 1 atom stereocenters. The highest BCUT2D eigenvalue weighted by atomic mass is 32.2. The lowest BCUT2D eigenvalue weighted by Crippen LogP contribution is -2.58. The number of ether oxygens (including phenoxy) is 1. The molecular formula is C20H21F3N6O6S2. The van der Waals surface area contributed by atoms with Gasteiger partial charge in [0.15, 0.2) is 16.6 Å². The van der Waals surface area contributed by atoms with E-state index in [1.807, 2.05) is 0 Å². The number of aliphatic hydroxyl groups is 1. The summed E-state index contributed by atoms with van der Waals surface area (Å²) in [4.78, 5) is 25.9. The average Bonchev–Trinajstić information content (AvgIpc) is 3.22. The van der Waals surface area contributed by atoms with E-state index in [0.29, 0.717) is 9.83 Å². The predicted molar refractivity (Wildman–Crippen MR) is 126 cm³/mol. The lowest BCUT2D eigenvalue weighted by molar-refractivity contribution is -0.274. The van der Waals surface area contributed by atoms with Gasteiger partial charge >= 0.3 is 12.3 Å². The highest BCUT2D eigenvalue weighted by molar-refractivity contribution is 7.89. The smallest absolute Gasteiger partial charge is 0.480 e. The maximum atomic E-state index is 13.2. The molecular weight excluding hydrogens is 541 g/mol. The van der Waals surface area contributed by atoms with Crippen molar-refractivity contribution in [1.29, 1.82) is 0 Å². The van der Waals surface area contributed by atoms with Crippen molar-refractivity contribution < 1.29 is 41.3 Å². The molecule has 1 aliphatic rings. The maximum Gasteiger partial charge on any atom is 0.573 e. The Hall–Kier alpha value is -3.28. The fourth-order valence-corrected chi connectivity index (χ4v) is 6.13. The van der Waals surface area contributed by atoms with Crippen molar-refractivity contribution in [2.45, 2.75) is 36.7 Å². The molecule has 17 heteroatoms. The van der Waals surface area contributed by atoms with Gasteiger partial charge in [-0.2, -0.15) is 9.29 Å². The number of nitrogen functional groups attached to an aromatic ring is 1. The minimum absolute atomic E-state index is 0.0559. The molecule has 0 saturated carbocycles. The summed E-state index contributed by atoms with van der Waals surface area (Å²) in [6, 6.07) is 1.97. The Balaban J connectivity index is 1.59. The van der Waals surface area contributed by atoms with Crippen molar-refractivity contribution in [3.8, 4) is 5.75 Å². The topological polar surface area (TPSA) is 172 Å². The van der Waals surface area contributed by atoms with E-state index >= 15 is 0 Å². The molecule has 0 aliphatic carbocycles. The number of aromatic nitrogens is 3. The zero-order chi connectivity index (χ0) is 27.3. The van der Waals surface area contributed by atoms with E-state index in [-0.39, 0.29) is 41.8 Å². The predicted octanol–water partition coefficient (Wildman–Crippen LogP) is 1.76. The van der Waals surface area contributed by atoms with Crippen molar-refractivity contribution in [3.05, 3.63) is 30.1 Å². The van der Waals surface area contributed by atoms with Crippen LogP contribution in [0.25, 0.3) is 10.3 Å². The minimum atomic E-state index is -4.95. The number of rotatable bonds is 6. The molecule has 200 valence electrons. The number of hydrogen-bond donors (Lipinski definition) is 3. The summed E-state index contributed by atoms with van der Waals surface area (Å²) < 4.78 is 68.5. The number of carbonyl (C=O) groups is 1. The van der Waals surface area contributed by atoms with E-state index in [2.05, 4.69) is 19.7 Å². The maximum absolute atomic E-state index is 13.2. The van der Waals surface area contributed by atoms with Crippen molar-refractivity contribution in [3.63, 3.8) is 0 Å². The first-order valence-corrected chi connectivity index (χ1v) is 12.8. The molecule has 1 aromatic carbocycles. The van der Waals surface area contributed by atoms with Crippen LogP contribution in [0.5, 0.6) is 5.75 Å². The van der Waals surface area contributed by atoms with Crippen LogP contribution in [0.3, 0.4) is 0 Å². The molecule has 0 amide bonds. The summed E-state index contributed by atoms with van der Waals surface area (Å²) >= 11 is 1.09. The van der Waals surface area contributed by atoms with Gasteiger partial charge < -0.3 is 25.6 Å². The lowest BCUT2D eigenvalue weighted by Gasteiger charge is -2.38. The third-order valence-electron chi connectivity index (χ3n) is 5.37. The largest absolute Gasteiger partial charge is 0.573 e. The van der Waals surface area contributed by atoms with E-state index in [4.69, 9.17) is 5.73 Å². The second-order valence-electron chi connectivity index (χ2n) is 8.58. The zero-order valence-corrected chi connectivity index (χ0v) is 20.9. The lowest BCUT2D eigenvalue weighted by atomic mass is 10.1. The first-order valence-electron chi connectivity index (χ1n) is 10.6. The van der Waals surface area contributed by atoms with E-state index in [0.717, 1.165) is 39.9 Å². The number of alkyl halides is 3. The Bertz CT molecular complexity index is 1440. The second kappa shape index (κ2) is 9.23. The van der Waals surface area contributed by atoms with Crippen LogP contribution in [0, 0.1) is 0 Å². The summed E-state index contributed by atoms with van der Waals surface area (Å²) in [7, 11) is -4.37. The molecule has 4 N–H and O–H groups in total. The number of benzene rings is 1. The first-order chi connectivity index (χ1) is 17.1. The molecule has 0 unspecified atom stereocenters. The first kappa shape index (κ1) is 26.8. The Labute approximate surface area is 212 Å². The third kappa shape index (κ3) is 5.53. The number of aliphatic carboxylic acids is 1. The van der Waals surface area contributed by atoms with Crippen molar-refractivity contribution >= 4 is 48.6 Å². The summed E-state index contributed by atoms with van der Waals surface area (Å²) in [5.74, 6) is -1.90. The molecule has 1 saturated heterocycles. The minimum Gasteiger partial charge on any atom is -0.480 e. The normalized spacial score (nSPS) is 17.8. The molecule has 4 rings (SSSR count). The molecule has 2 aromatic heterocycles. The van der Waals surface area contributed by atoms with Crippen molar-refractivity contribution in [2.75, 3.05) is 30.3 Å². The van der Waals surface area contributed by atoms with Gasteiger partial charge in [-0.05, 0) is 38.1 Å². The van der Waals surface area contributed by atoms with Crippen molar-refractivity contribution in [2.24, 2.45) is 0 Å². The van der Waals surface area contributed by atoms with Gasteiger partial charge in [-0.1, -0.05) is 11.3 Å². The average molecular weight is 563 g/mol. The van der Waals surface area contributed by atoms with Gasteiger partial charge in [0.05, 0.1) is 4.90 Å². The monoisotopic (exact) mass is 562 g/mol. The van der Waals surface area contributed by atoms with E-state index in [1.165, 1.54) is 13.8 Å². The van der Waals surface area contributed by atoms with Gasteiger partial charge in [0, 0.05) is 19.6 Å². The molecule has 1 fully saturated rings. The van der Waals surface area contributed by atoms with Crippen LogP contribution >= 0.6 is 11.3 Å². The van der Waals surface area contributed by atoms with E-state index < -0.39 is 39.7 Å². The third-order valence-corrected chi connectivity index (χ3v) is 8.42. The second-order valence-corrected chi connectivity index (χ2v) is 11.4. The van der Waals surface area contributed by atoms with Crippen LogP contribution in [-0.4, -0.2) is 75.9 Å². The number of fused-ring (bicyclic) bond motifs is 1. The molecule has 1 aliphatic heterocycles. The Morgan fingerprint density at radius 1 is 1.16 bits per heavy atom. The number of thiazole rings is 1. The number of carboxylic acid groups (broad SMARTS) is 1. The molecule has 12 nitrogen and oxygen atoms in total. The SMILES string of the molecule is CC(C)(O)c1nc(N)c2sc(N3CCN(S(=O)(=O)c4ccc(OC(F)(F)F)cc4)[C@@H](C(=O)O)C3)nc2n1. The number of piperazine rings is 1. The highest BCUT2D eigenvalue weighted by Crippen LogP contribution is 2.34. The summed E-state index contributed by atoms with van der Waals surface area (Å²) in [5.41, 5.74) is 4.82. The highest BCUT2D eigenvalue weighted by Gasteiger charge is 2.41. The Morgan fingerprint density at radius 3 is 2.38 bits per heavy atom. The molecule has 0 spiro atoms. The van der Waals surface area contributed by atoms with Gasteiger partial charge in [-0.15, -0.1) is 13.2 Å². The number of sulfonamides is 1. The zero-order valence-electron chi connectivity index (χ0n) is 19.3. The molecule has 37 heavy (non-hydrogen) atoms. The number of nitrogens with two attached hydrogens (primary N) is 1. The number of halogens is 3. The standard InChI is InChI=1S/C20H21F3N6O6S2/c1-19(2,32)17-25-14(24)13-15(26-17)27-18(36-13)28-7-8-29(12(9-28)16(30)31)37(33,34)11-5-3-10(4-6-11)35-20(21,22)23/h3-6,12,32H,7-9H2,1-2H3,(H,30,31)(H2,24,25,26)/t12-/m1/s1. The molecule has 3 heterocycles. The Morgan fingerprint density at radius 2 is 1.81 bits per heavy atom. The number of anilines is 2. The van der Waals surface area contributed by atoms with Gasteiger partial charge in [0.1, 0.15) is 27.9 Å². The van der Waals surface area contributed by atoms with Crippen LogP contribution in [0.2, 0.25) is 0 Å². The summed E-state index contributed by atoms with van der Waals surface area (Å²) in [5, 5.41) is 20.3. The van der Waals surface area contributed by atoms with E-state index in [1.54, 1.807) is 4.90 Å². The van der Waals surface area contributed by atoms with E-state index in [9.17, 15) is 36.6 Å². The molecule has 0 bridgehead atoms. The number of carboxylic acids is 1. The summed E-state index contributed by atoms with van der Waals surface area (Å²) in [6.45, 7) is 2.51. The van der Waals surface area contributed by atoms with Crippen LogP contribution < -0.4 is 15.4 Å². The van der Waals surface area contributed by atoms with Gasteiger partial charge in [-0.25, -0.2) is 18.4 Å². The molecule has 3 aromatic rings. The van der Waals surface area contributed by atoms with Crippen LogP contribution in [0.4, 0.5) is 24.1 Å². The van der Waals surface area contributed by atoms with Crippen LogP contribution in [0.15, 0.2) is 29.2 Å². The van der Waals surface area contributed by atoms with Crippen LogP contribution in [0.1, 0.15) is 19.7 Å². The number of hydrogen-bond acceptors (Lipinski definition) is 11. The Kier molecular flexibility index (Phi) is 6.68. The molecule has 0 radical (unpaired) electrons. The van der Waals surface area contributed by atoms with Gasteiger partial charge in [-0.3, -0.25) is 4.79 Å². The quantitative estimate of drug-likeness (QED) is 0.400.